The zero-order chi connectivity index (χ0) is 30.7. The number of rotatable bonds is 7. The number of nitrogens with one attached hydrogen (secondary N) is 1. The van der Waals surface area contributed by atoms with E-state index < -0.39 is 12.1 Å². The lowest BCUT2D eigenvalue weighted by Gasteiger charge is -2.28. The predicted octanol–water partition coefficient (Wildman–Crippen LogP) is 8.49. The maximum atomic E-state index is 13.8. The number of amides is 1. The average molecular weight is 583 g/mol. The number of carbonyl (C=O) groups is 2. The van der Waals surface area contributed by atoms with Crippen LogP contribution in [-0.4, -0.2) is 16.9 Å². The third-order valence-electron chi connectivity index (χ3n) is 7.11. The van der Waals surface area contributed by atoms with Crippen LogP contribution in [-0.2, 0) is 31.6 Å². The second-order valence-electron chi connectivity index (χ2n) is 12.7. The van der Waals surface area contributed by atoms with Gasteiger partial charge in [-0.05, 0) is 56.9 Å². The van der Waals surface area contributed by atoms with E-state index in [2.05, 4.69) is 70.0 Å². The number of fused-ring (bicyclic) bond motifs is 1. The minimum Gasteiger partial charge on any atom is -0.452 e. The molecule has 0 aliphatic carbocycles. The van der Waals surface area contributed by atoms with Gasteiger partial charge in [0.05, 0.1) is 5.52 Å². The lowest BCUT2D eigenvalue weighted by molar-refractivity contribution is -0.145. The van der Waals surface area contributed by atoms with E-state index in [1.165, 1.54) is 6.92 Å². The summed E-state index contributed by atoms with van der Waals surface area (Å²) in [7, 11) is 0. The molecule has 1 amide bonds. The van der Waals surface area contributed by atoms with Crippen LogP contribution in [0.4, 0.5) is 0 Å². The molecule has 0 saturated carbocycles. The zero-order valence-corrected chi connectivity index (χ0v) is 26.2. The highest BCUT2D eigenvalue weighted by atomic mass is 35.5. The van der Waals surface area contributed by atoms with E-state index in [0.29, 0.717) is 11.6 Å². The van der Waals surface area contributed by atoms with E-state index in [9.17, 15) is 9.59 Å². The summed E-state index contributed by atoms with van der Waals surface area (Å²) in [5, 5.41) is 3.97. The largest absolute Gasteiger partial charge is 0.452 e. The van der Waals surface area contributed by atoms with Crippen molar-refractivity contribution in [2.24, 2.45) is 0 Å². The van der Waals surface area contributed by atoms with Crippen molar-refractivity contribution in [3.63, 3.8) is 0 Å². The summed E-state index contributed by atoms with van der Waals surface area (Å²) < 4.78 is 6.27. The molecule has 0 fully saturated rings. The highest BCUT2D eigenvalue weighted by molar-refractivity contribution is 6.30. The second-order valence-corrected chi connectivity index (χ2v) is 13.1. The van der Waals surface area contributed by atoms with Crippen molar-refractivity contribution in [3.8, 4) is 0 Å². The molecule has 3 aromatic carbocycles. The number of para-hydroxylation sites is 1. The van der Waals surface area contributed by atoms with Gasteiger partial charge in [-0.2, -0.15) is 0 Å². The van der Waals surface area contributed by atoms with Crippen molar-refractivity contribution in [2.75, 3.05) is 0 Å². The minimum absolute atomic E-state index is 0.0597. The summed E-state index contributed by atoms with van der Waals surface area (Å²) in [5.41, 5.74) is 5.23. The summed E-state index contributed by atoms with van der Waals surface area (Å²) in [5.74, 6) is -1.00. The Labute approximate surface area is 254 Å². The first-order valence-electron chi connectivity index (χ1n) is 14.2. The van der Waals surface area contributed by atoms with Gasteiger partial charge in [0.15, 0.2) is 0 Å². The van der Waals surface area contributed by atoms with Crippen LogP contribution >= 0.6 is 11.6 Å². The minimum atomic E-state index is -0.700. The van der Waals surface area contributed by atoms with Gasteiger partial charge in [-0.25, -0.2) is 9.78 Å². The van der Waals surface area contributed by atoms with Gasteiger partial charge in [-0.3, -0.25) is 4.79 Å². The Morgan fingerprint density at radius 2 is 1.48 bits per heavy atom. The molecule has 1 unspecified atom stereocenters. The molecule has 0 aliphatic heterocycles. The van der Waals surface area contributed by atoms with Crippen LogP contribution in [0.25, 0.3) is 17.0 Å². The SMILES string of the molecule is CC(=O)N/C(=C\c1ccccc1)C(=O)OC(Cc1cc2ccccc2nc1Cl)c1cc(C(C)(C)C)cc(C(C)(C)C)c1. The van der Waals surface area contributed by atoms with Crippen LogP contribution < -0.4 is 5.32 Å². The van der Waals surface area contributed by atoms with Gasteiger partial charge < -0.3 is 10.1 Å². The number of hydrogen-bond donors (Lipinski definition) is 1. The fraction of sp³-hybridized carbons (Fsp3) is 0.306. The molecule has 0 radical (unpaired) electrons. The molecule has 0 saturated heterocycles. The fourth-order valence-corrected chi connectivity index (χ4v) is 4.88. The molecule has 5 nitrogen and oxygen atoms in total. The fourth-order valence-electron chi connectivity index (χ4n) is 4.65. The van der Waals surface area contributed by atoms with Crippen LogP contribution in [0.2, 0.25) is 5.15 Å². The molecule has 0 bridgehead atoms. The van der Waals surface area contributed by atoms with Crippen molar-refractivity contribution in [2.45, 2.75) is 71.8 Å². The molecule has 1 aromatic heterocycles. The second kappa shape index (κ2) is 12.5. The van der Waals surface area contributed by atoms with Crippen LogP contribution in [0.5, 0.6) is 0 Å². The summed E-state index contributed by atoms with van der Waals surface area (Å²) in [6.07, 6.45) is 1.23. The number of ether oxygens (including phenoxy) is 1. The maximum absolute atomic E-state index is 13.8. The Morgan fingerprint density at radius 3 is 2.07 bits per heavy atom. The Hall–Kier alpha value is -3.96. The highest BCUT2D eigenvalue weighted by Gasteiger charge is 2.27. The lowest BCUT2D eigenvalue weighted by atomic mass is 9.78. The number of carbonyl (C=O) groups excluding carboxylic acids is 2. The average Bonchev–Trinajstić information content (AvgIpc) is 2.91. The van der Waals surface area contributed by atoms with Crippen molar-refractivity contribution in [1.29, 1.82) is 0 Å². The van der Waals surface area contributed by atoms with Gasteiger partial charge in [-0.15, -0.1) is 0 Å². The van der Waals surface area contributed by atoms with E-state index in [-0.39, 0.29) is 22.4 Å². The smallest absolute Gasteiger partial charge is 0.355 e. The van der Waals surface area contributed by atoms with E-state index >= 15 is 0 Å². The van der Waals surface area contributed by atoms with Crippen LogP contribution in [0.15, 0.2) is 84.6 Å². The van der Waals surface area contributed by atoms with Crippen LogP contribution in [0.1, 0.15) is 82.4 Å². The van der Waals surface area contributed by atoms with Gasteiger partial charge in [0, 0.05) is 18.7 Å². The Morgan fingerprint density at radius 1 is 0.881 bits per heavy atom. The zero-order valence-electron chi connectivity index (χ0n) is 25.4. The van der Waals surface area contributed by atoms with E-state index in [0.717, 1.165) is 38.7 Å². The Bertz CT molecular complexity index is 1600. The quantitative estimate of drug-likeness (QED) is 0.135. The van der Waals surface area contributed by atoms with Crippen molar-refractivity contribution in [1.82, 2.24) is 10.3 Å². The van der Waals surface area contributed by atoms with Gasteiger partial charge in [0.2, 0.25) is 5.91 Å². The standard InChI is InChI=1S/C36H39ClN2O3/c1-23(40)38-31(17-24-13-9-8-10-14-24)34(41)42-32(21-27-18-25-15-11-12-16-30(25)39-33(27)37)26-19-28(35(2,3)4)22-29(20-26)36(5,6)7/h8-20,22,32H,21H2,1-7H3,(H,38,40)/b31-17-. The maximum Gasteiger partial charge on any atom is 0.355 e. The molecule has 0 spiro atoms. The summed E-state index contributed by atoms with van der Waals surface area (Å²) in [4.78, 5) is 30.5. The third kappa shape index (κ3) is 7.86. The van der Waals surface area contributed by atoms with Crippen molar-refractivity contribution >= 4 is 40.5 Å². The molecule has 1 atom stereocenters. The number of aromatic nitrogens is 1. The first-order valence-corrected chi connectivity index (χ1v) is 14.5. The molecule has 6 heteroatoms. The van der Waals surface area contributed by atoms with E-state index in [4.69, 9.17) is 16.3 Å². The molecule has 1 N–H and O–H groups in total. The number of nitrogens with zero attached hydrogens (tertiary/aromatic N) is 1. The number of hydrogen-bond acceptors (Lipinski definition) is 4. The predicted molar refractivity (Wildman–Crippen MR) is 171 cm³/mol. The molecule has 4 aromatic rings. The van der Waals surface area contributed by atoms with Crippen molar-refractivity contribution < 1.29 is 14.3 Å². The first kappa shape index (κ1) is 31.0. The van der Waals surface area contributed by atoms with E-state index in [1.54, 1.807) is 6.08 Å². The molecule has 218 valence electrons. The molecule has 4 rings (SSSR count). The summed E-state index contributed by atoms with van der Waals surface area (Å²) in [6.45, 7) is 14.4. The topological polar surface area (TPSA) is 68.3 Å². The molecule has 0 aliphatic rings. The third-order valence-corrected chi connectivity index (χ3v) is 7.43. The number of pyridine rings is 1. The van der Waals surface area contributed by atoms with E-state index in [1.807, 2.05) is 60.7 Å². The number of esters is 1. The highest BCUT2D eigenvalue weighted by Crippen LogP contribution is 2.35. The van der Waals surface area contributed by atoms with Gasteiger partial charge in [0.25, 0.3) is 0 Å². The number of halogens is 1. The summed E-state index contributed by atoms with van der Waals surface area (Å²) >= 11 is 6.70. The normalized spacial score (nSPS) is 13.1. The van der Waals surface area contributed by atoms with Crippen LogP contribution in [0.3, 0.4) is 0 Å². The molecular weight excluding hydrogens is 544 g/mol. The number of benzene rings is 3. The van der Waals surface area contributed by atoms with Crippen LogP contribution in [0, 0.1) is 0 Å². The Kier molecular flexibility index (Phi) is 9.22. The summed E-state index contributed by atoms with van der Waals surface area (Å²) in [6, 6.07) is 25.5. The lowest BCUT2D eigenvalue weighted by Crippen LogP contribution is -2.28. The van der Waals surface area contributed by atoms with Crippen molar-refractivity contribution in [3.05, 3.63) is 118 Å². The molecular formula is C36H39ClN2O3. The monoisotopic (exact) mass is 582 g/mol. The molecule has 1 heterocycles. The molecule has 42 heavy (non-hydrogen) atoms. The van der Waals surface area contributed by atoms with Gasteiger partial charge in [0.1, 0.15) is 17.0 Å². The Balaban J connectivity index is 1.84. The van der Waals surface area contributed by atoms with Gasteiger partial charge >= 0.3 is 5.97 Å². The van der Waals surface area contributed by atoms with Gasteiger partial charge in [-0.1, -0.05) is 120 Å². The first-order chi connectivity index (χ1) is 19.7.